The minimum atomic E-state index is -0.848. The SMILES string of the molecule is CCCCC/C=C\CCCCCCCC(=O)OCC/C=C\C/C=C\CCCCCCCCCCCCCCCCC(=O)NC(CO)C(O)/C=C/CCCCCCCCCCCCCCC. The summed E-state index contributed by atoms with van der Waals surface area (Å²) in [5.74, 6) is -0.119. The lowest BCUT2D eigenvalue weighted by Gasteiger charge is -2.20. The van der Waals surface area contributed by atoms with Crippen LogP contribution in [0.2, 0.25) is 0 Å². The van der Waals surface area contributed by atoms with Gasteiger partial charge in [0.15, 0.2) is 0 Å². The van der Waals surface area contributed by atoms with E-state index in [1.54, 1.807) is 6.08 Å². The molecule has 0 aromatic carbocycles. The number of hydrogen-bond acceptors (Lipinski definition) is 5. The zero-order valence-electron chi connectivity index (χ0n) is 43.2. The van der Waals surface area contributed by atoms with Gasteiger partial charge < -0.3 is 20.3 Å². The molecule has 0 aliphatic carbocycles. The summed E-state index contributed by atoms with van der Waals surface area (Å²) in [6.07, 6.45) is 68.6. The Morgan fingerprint density at radius 1 is 0.431 bits per heavy atom. The van der Waals surface area contributed by atoms with E-state index in [4.69, 9.17) is 4.74 Å². The molecule has 2 unspecified atom stereocenters. The van der Waals surface area contributed by atoms with Gasteiger partial charge in [0.2, 0.25) is 5.91 Å². The van der Waals surface area contributed by atoms with Crippen LogP contribution in [-0.2, 0) is 14.3 Å². The molecule has 0 aliphatic rings. The van der Waals surface area contributed by atoms with Gasteiger partial charge in [-0.3, -0.25) is 9.59 Å². The van der Waals surface area contributed by atoms with Crippen LogP contribution in [0.15, 0.2) is 48.6 Å². The van der Waals surface area contributed by atoms with Crippen molar-refractivity contribution in [3.63, 3.8) is 0 Å². The quantitative estimate of drug-likeness (QED) is 0.0321. The van der Waals surface area contributed by atoms with Crippen molar-refractivity contribution in [1.82, 2.24) is 5.32 Å². The number of carbonyl (C=O) groups excluding carboxylic acids is 2. The molecule has 1 amide bonds. The third-order valence-electron chi connectivity index (χ3n) is 12.8. The Morgan fingerprint density at radius 2 is 0.769 bits per heavy atom. The highest BCUT2D eigenvalue weighted by atomic mass is 16.5. The first kappa shape index (κ1) is 62.8. The summed E-state index contributed by atoms with van der Waals surface area (Å²) in [6, 6.07) is -0.632. The minimum absolute atomic E-state index is 0.0466. The first-order valence-corrected chi connectivity index (χ1v) is 28.4. The lowest BCUT2D eigenvalue weighted by Crippen LogP contribution is -2.45. The highest BCUT2D eigenvalue weighted by molar-refractivity contribution is 5.76. The van der Waals surface area contributed by atoms with Crippen molar-refractivity contribution in [2.45, 2.75) is 302 Å². The number of aliphatic hydroxyl groups excluding tert-OH is 2. The number of amides is 1. The predicted octanol–water partition coefficient (Wildman–Crippen LogP) is 17.4. The standard InChI is InChI=1S/C59H109NO5/c1-3-5-7-9-11-13-15-17-25-28-31-35-39-43-47-51-57(62)56(55-61)60-58(63)52-48-44-40-36-32-29-26-23-21-19-18-20-22-24-27-30-34-38-42-46-50-54-65-59(64)53-49-45-41-37-33-16-14-12-10-8-6-4-2/h12,14,30,34,42,46-47,51,56-57,61-62H,3-11,13,15-29,31-33,35-41,43-45,48-50,52-55H2,1-2H3,(H,60,63)/b14-12-,34-30-,46-42-,51-47+. The number of ether oxygens (including phenoxy) is 1. The van der Waals surface area contributed by atoms with Crippen molar-refractivity contribution in [3.05, 3.63) is 48.6 Å². The minimum Gasteiger partial charge on any atom is -0.465 e. The van der Waals surface area contributed by atoms with Gasteiger partial charge in [-0.15, -0.1) is 0 Å². The van der Waals surface area contributed by atoms with Gasteiger partial charge >= 0.3 is 5.97 Å². The second-order valence-corrected chi connectivity index (χ2v) is 19.3. The Labute approximate surface area is 404 Å². The average molecular weight is 913 g/mol. The number of esters is 1. The number of allylic oxidation sites excluding steroid dienone is 6. The van der Waals surface area contributed by atoms with E-state index in [1.807, 2.05) is 6.08 Å². The normalized spacial score (nSPS) is 13.0. The van der Waals surface area contributed by atoms with E-state index >= 15 is 0 Å². The number of carbonyl (C=O) groups is 2. The second kappa shape index (κ2) is 54.4. The topological polar surface area (TPSA) is 95.9 Å². The molecule has 3 N–H and O–H groups in total. The maximum atomic E-state index is 12.4. The molecule has 0 bridgehead atoms. The first-order chi connectivity index (χ1) is 32.0. The summed E-state index contributed by atoms with van der Waals surface area (Å²) < 4.78 is 5.39. The monoisotopic (exact) mass is 912 g/mol. The predicted molar refractivity (Wildman–Crippen MR) is 282 cm³/mol. The molecule has 0 heterocycles. The molecule has 380 valence electrons. The maximum Gasteiger partial charge on any atom is 0.305 e. The van der Waals surface area contributed by atoms with E-state index in [0.717, 1.165) is 51.4 Å². The molecular formula is C59H109NO5. The van der Waals surface area contributed by atoms with Gasteiger partial charge in [0, 0.05) is 12.8 Å². The van der Waals surface area contributed by atoms with Crippen molar-refractivity contribution in [1.29, 1.82) is 0 Å². The first-order valence-electron chi connectivity index (χ1n) is 28.4. The Kier molecular flexibility index (Phi) is 52.6. The molecule has 0 aromatic rings. The molecule has 0 aromatic heterocycles. The Morgan fingerprint density at radius 3 is 1.22 bits per heavy atom. The Bertz CT molecular complexity index is 1100. The van der Waals surface area contributed by atoms with Gasteiger partial charge in [0.05, 0.1) is 25.4 Å². The van der Waals surface area contributed by atoms with Crippen molar-refractivity contribution >= 4 is 11.9 Å². The van der Waals surface area contributed by atoms with E-state index in [0.29, 0.717) is 19.4 Å². The third-order valence-corrected chi connectivity index (χ3v) is 12.8. The lowest BCUT2D eigenvalue weighted by atomic mass is 10.0. The third kappa shape index (κ3) is 51.1. The molecule has 65 heavy (non-hydrogen) atoms. The van der Waals surface area contributed by atoms with E-state index in [2.05, 4.69) is 55.6 Å². The molecule has 0 rings (SSSR count). The van der Waals surface area contributed by atoms with E-state index < -0.39 is 12.1 Å². The Hall–Kier alpha value is -2.18. The fourth-order valence-electron chi connectivity index (χ4n) is 8.47. The molecular weight excluding hydrogens is 803 g/mol. The smallest absolute Gasteiger partial charge is 0.305 e. The molecule has 6 nitrogen and oxygen atoms in total. The molecule has 0 fully saturated rings. The van der Waals surface area contributed by atoms with Crippen LogP contribution in [0.25, 0.3) is 0 Å². The van der Waals surface area contributed by atoms with Gasteiger partial charge in [-0.25, -0.2) is 0 Å². The van der Waals surface area contributed by atoms with Crippen molar-refractivity contribution in [2.24, 2.45) is 0 Å². The molecule has 6 heteroatoms. The zero-order chi connectivity index (χ0) is 47.2. The average Bonchev–Trinajstić information content (AvgIpc) is 3.31. The summed E-state index contributed by atoms with van der Waals surface area (Å²) in [5, 5.41) is 23.1. The molecule has 0 radical (unpaired) electrons. The number of hydrogen-bond donors (Lipinski definition) is 3. The van der Waals surface area contributed by atoms with E-state index in [-0.39, 0.29) is 18.5 Å². The molecule has 2 atom stereocenters. The van der Waals surface area contributed by atoms with E-state index in [9.17, 15) is 19.8 Å². The van der Waals surface area contributed by atoms with Gasteiger partial charge in [-0.1, -0.05) is 249 Å². The largest absolute Gasteiger partial charge is 0.465 e. The molecule has 0 spiro atoms. The zero-order valence-corrected chi connectivity index (χ0v) is 43.2. The highest BCUT2D eigenvalue weighted by Crippen LogP contribution is 2.16. The lowest BCUT2D eigenvalue weighted by molar-refractivity contribution is -0.143. The second-order valence-electron chi connectivity index (χ2n) is 19.3. The van der Waals surface area contributed by atoms with Crippen molar-refractivity contribution < 1.29 is 24.5 Å². The maximum absolute atomic E-state index is 12.4. The Balaban J connectivity index is 3.49. The van der Waals surface area contributed by atoms with Gasteiger partial charge in [-0.05, 0) is 77.0 Å². The summed E-state index contributed by atoms with van der Waals surface area (Å²) >= 11 is 0. The van der Waals surface area contributed by atoms with Gasteiger partial charge in [-0.2, -0.15) is 0 Å². The van der Waals surface area contributed by atoms with Crippen LogP contribution in [-0.4, -0.2) is 47.4 Å². The molecule has 0 saturated heterocycles. The van der Waals surface area contributed by atoms with Crippen LogP contribution in [0.1, 0.15) is 290 Å². The number of rotatable bonds is 52. The van der Waals surface area contributed by atoms with Crippen LogP contribution in [0.3, 0.4) is 0 Å². The fourth-order valence-corrected chi connectivity index (χ4v) is 8.47. The summed E-state index contributed by atoms with van der Waals surface area (Å²) in [5.41, 5.74) is 0. The fraction of sp³-hybridized carbons (Fsp3) is 0.831. The van der Waals surface area contributed by atoms with Crippen molar-refractivity contribution in [3.8, 4) is 0 Å². The van der Waals surface area contributed by atoms with Crippen LogP contribution in [0.5, 0.6) is 0 Å². The number of nitrogens with one attached hydrogen (secondary N) is 1. The van der Waals surface area contributed by atoms with Gasteiger partial charge in [0.1, 0.15) is 0 Å². The molecule has 0 saturated carbocycles. The van der Waals surface area contributed by atoms with Crippen LogP contribution in [0.4, 0.5) is 0 Å². The van der Waals surface area contributed by atoms with Crippen molar-refractivity contribution in [2.75, 3.05) is 13.2 Å². The highest BCUT2D eigenvalue weighted by Gasteiger charge is 2.18. The number of unbranched alkanes of at least 4 members (excludes halogenated alkanes) is 35. The summed E-state index contributed by atoms with van der Waals surface area (Å²) in [4.78, 5) is 24.4. The van der Waals surface area contributed by atoms with E-state index in [1.165, 1.54) is 212 Å². The summed E-state index contributed by atoms with van der Waals surface area (Å²) in [6.45, 7) is 4.76. The summed E-state index contributed by atoms with van der Waals surface area (Å²) in [7, 11) is 0. The molecule has 0 aliphatic heterocycles. The number of aliphatic hydroxyl groups is 2. The van der Waals surface area contributed by atoms with Crippen LogP contribution in [0, 0.1) is 0 Å². The van der Waals surface area contributed by atoms with Crippen LogP contribution < -0.4 is 5.32 Å². The van der Waals surface area contributed by atoms with Gasteiger partial charge in [0.25, 0.3) is 0 Å². The van der Waals surface area contributed by atoms with Crippen LogP contribution >= 0.6 is 0 Å².